The summed E-state index contributed by atoms with van der Waals surface area (Å²) in [5.74, 6) is 0.0132. The molecule has 0 saturated carbocycles. The van der Waals surface area contributed by atoms with Crippen LogP contribution in [0.1, 0.15) is 0 Å². The van der Waals surface area contributed by atoms with Crippen molar-refractivity contribution in [3.8, 4) is 0 Å². The Balaban J connectivity index is 2.48. The summed E-state index contributed by atoms with van der Waals surface area (Å²) in [4.78, 5) is 9.27. The number of nitrogens with two attached hydrogens (primary N) is 1. The highest BCUT2D eigenvalue weighted by Gasteiger charge is 2.14. The Hall–Kier alpha value is -1.88. The lowest BCUT2D eigenvalue weighted by Gasteiger charge is -2.20. The molecule has 2 N–H and O–H groups in total. The molecule has 0 unspecified atom stereocenters. The smallest absolute Gasteiger partial charge is 0.161 e. The van der Waals surface area contributed by atoms with Crippen LogP contribution in [0.15, 0.2) is 30.6 Å². The second-order valence-electron chi connectivity index (χ2n) is 3.41. The lowest BCUT2D eigenvalue weighted by molar-refractivity contribution is 0.627. The van der Waals surface area contributed by atoms with Gasteiger partial charge in [-0.1, -0.05) is 23.7 Å². The molecular weight excluding hydrogens is 243 g/mol. The number of nitrogen functional groups attached to an aromatic ring is 1. The lowest BCUT2D eigenvalue weighted by Crippen LogP contribution is -2.15. The van der Waals surface area contributed by atoms with Gasteiger partial charge in [-0.3, -0.25) is 0 Å². The maximum atomic E-state index is 13.6. The number of anilines is 3. The summed E-state index contributed by atoms with van der Waals surface area (Å²) in [6, 6.07) is 6.34. The first-order chi connectivity index (χ1) is 8.11. The minimum absolute atomic E-state index is 0.151. The van der Waals surface area contributed by atoms with Crippen molar-refractivity contribution in [1.29, 1.82) is 0 Å². The van der Waals surface area contributed by atoms with Crippen LogP contribution in [-0.2, 0) is 0 Å². The van der Waals surface area contributed by atoms with Gasteiger partial charge in [-0.2, -0.15) is 0 Å². The van der Waals surface area contributed by atoms with E-state index in [9.17, 15) is 4.39 Å². The summed E-state index contributed by atoms with van der Waals surface area (Å²) in [7, 11) is 1.66. The standard InChI is InChI=1S/C11H10ClFN4/c1-17(8-5-3-2-4-7(8)13)11-9(14)10(12)15-6-16-11/h2-6H,14H2,1H3. The van der Waals surface area contributed by atoms with Gasteiger partial charge in [-0.05, 0) is 12.1 Å². The average Bonchev–Trinajstić information content (AvgIpc) is 2.32. The van der Waals surface area contributed by atoms with E-state index in [1.54, 1.807) is 25.2 Å². The quantitative estimate of drug-likeness (QED) is 0.835. The largest absolute Gasteiger partial charge is 0.393 e. The first-order valence-corrected chi connectivity index (χ1v) is 5.23. The Morgan fingerprint density at radius 2 is 2.00 bits per heavy atom. The number of hydrogen-bond donors (Lipinski definition) is 1. The maximum Gasteiger partial charge on any atom is 0.161 e. The van der Waals surface area contributed by atoms with Gasteiger partial charge in [0.05, 0.1) is 5.69 Å². The summed E-state index contributed by atoms with van der Waals surface area (Å²) in [5, 5.41) is 0.151. The molecule has 0 bridgehead atoms. The minimum Gasteiger partial charge on any atom is -0.393 e. The van der Waals surface area contributed by atoms with Crippen molar-refractivity contribution < 1.29 is 4.39 Å². The zero-order chi connectivity index (χ0) is 12.4. The molecule has 1 aromatic carbocycles. The second-order valence-corrected chi connectivity index (χ2v) is 3.77. The third kappa shape index (κ3) is 2.14. The van der Waals surface area contributed by atoms with Crippen LogP contribution < -0.4 is 10.6 Å². The van der Waals surface area contributed by atoms with Gasteiger partial charge in [0, 0.05) is 7.05 Å². The molecule has 0 fully saturated rings. The fourth-order valence-corrected chi connectivity index (χ4v) is 1.60. The van der Waals surface area contributed by atoms with Crippen LogP contribution in [-0.4, -0.2) is 17.0 Å². The summed E-state index contributed by atoms with van der Waals surface area (Å²) >= 11 is 5.79. The Kier molecular flexibility index (Phi) is 3.10. The molecule has 0 amide bonds. The zero-order valence-electron chi connectivity index (χ0n) is 9.06. The normalized spacial score (nSPS) is 10.3. The van der Waals surface area contributed by atoms with Crippen LogP contribution in [0.3, 0.4) is 0 Å². The third-order valence-corrected chi connectivity index (χ3v) is 2.65. The van der Waals surface area contributed by atoms with E-state index in [0.717, 1.165) is 0 Å². The van der Waals surface area contributed by atoms with Crippen LogP contribution in [0.5, 0.6) is 0 Å². The Labute approximate surface area is 103 Å². The number of halogens is 2. The molecule has 0 atom stereocenters. The number of rotatable bonds is 2. The molecule has 0 aliphatic carbocycles. The van der Waals surface area contributed by atoms with Crippen molar-refractivity contribution >= 4 is 28.8 Å². The van der Waals surface area contributed by atoms with Crippen LogP contribution in [0.4, 0.5) is 21.6 Å². The molecule has 2 aromatic rings. The maximum absolute atomic E-state index is 13.6. The molecule has 88 valence electrons. The Bertz CT molecular complexity index is 547. The average molecular weight is 253 g/mol. The van der Waals surface area contributed by atoms with Crippen molar-refractivity contribution in [2.75, 3.05) is 17.7 Å². The van der Waals surface area contributed by atoms with Crippen LogP contribution >= 0.6 is 11.6 Å². The highest BCUT2D eigenvalue weighted by molar-refractivity contribution is 6.32. The van der Waals surface area contributed by atoms with Gasteiger partial charge in [0.15, 0.2) is 11.0 Å². The number of para-hydroxylation sites is 1. The molecule has 1 heterocycles. The molecule has 17 heavy (non-hydrogen) atoms. The topological polar surface area (TPSA) is 55.0 Å². The Morgan fingerprint density at radius 1 is 1.29 bits per heavy atom. The van der Waals surface area contributed by atoms with Gasteiger partial charge >= 0.3 is 0 Å². The third-order valence-electron chi connectivity index (χ3n) is 2.35. The van der Waals surface area contributed by atoms with Crippen molar-refractivity contribution in [3.05, 3.63) is 41.6 Å². The van der Waals surface area contributed by atoms with E-state index in [0.29, 0.717) is 11.5 Å². The van der Waals surface area contributed by atoms with E-state index in [-0.39, 0.29) is 16.7 Å². The molecular formula is C11H10ClFN4. The van der Waals surface area contributed by atoms with Crippen molar-refractivity contribution in [1.82, 2.24) is 9.97 Å². The SMILES string of the molecule is CN(c1ccccc1F)c1ncnc(Cl)c1N. The molecule has 0 saturated heterocycles. The summed E-state index contributed by atoms with van der Waals surface area (Å²) < 4.78 is 13.6. The molecule has 1 aromatic heterocycles. The highest BCUT2D eigenvalue weighted by Crippen LogP contribution is 2.31. The van der Waals surface area contributed by atoms with E-state index in [4.69, 9.17) is 17.3 Å². The Morgan fingerprint density at radius 3 is 2.71 bits per heavy atom. The molecule has 0 aliphatic rings. The molecule has 4 nitrogen and oxygen atoms in total. The summed E-state index contributed by atoms with van der Waals surface area (Å²) in [5.41, 5.74) is 6.34. The van der Waals surface area contributed by atoms with Gasteiger partial charge in [0.1, 0.15) is 17.8 Å². The van der Waals surface area contributed by atoms with Crippen LogP contribution in [0, 0.1) is 5.82 Å². The van der Waals surface area contributed by atoms with Crippen molar-refractivity contribution in [2.24, 2.45) is 0 Å². The monoisotopic (exact) mass is 252 g/mol. The highest BCUT2D eigenvalue weighted by atomic mass is 35.5. The molecule has 6 heteroatoms. The molecule has 0 spiro atoms. The van der Waals surface area contributed by atoms with Gasteiger partial charge in [0.2, 0.25) is 0 Å². The van der Waals surface area contributed by atoms with E-state index < -0.39 is 0 Å². The first-order valence-electron chi connectivity index (χ1n) is 4.85. The van der Waals surface area contributed by atoms with E-state index >= 15 is 0 Å². The second kappa shape index (κ2) is 4.55. The fourth-order valence-electron chi connectivity index (χ4n) is 1.47. The fraction of sp³-hybridized carbons (Fsp3) is 0.0909. The van der Waals surface area contributed by atoms with Crippen molar-refractivity contribution in [3.63, 3.8) is 0 Å². The van der Waals surface area contributed by atoms with Gasteiger partial charge in [-0.15, -0.1) is 0 Å². The van der Waals surface area contributed by atoms with Gasteiger partial charge in [0.25, 0.3) is 0 Å². The number of nitrogens with zero attached hydrogens (tertiary/aromatic N) is 3. The number of benzene rings is 1. The summed E-state index contributed by atoms with van der Waals surface area (Å²) in [6.45, 7) is 0. The predicted molar refractivity (Wildman–Crippen MR) is 65.9 cm³/mol. The van der Waals surface area contributed by atoms with E-state index in [1.165, 1.54) is 17.3 Å². The van der Waals surface area contributed by atoms with Gasteiger partial charge in [-0.25, -0.2) is 14.4 Å². The molecule has 0 aliphatic heterocycles. The predicted octanol–water partition coefficient (Wildman–Crippen LogP) is 2.62. The molecule has 0 radical (unpaired) electrons. The molecule has 2 rings (SSSR count). The van der Waals surface area contributed by atoms with Crippen molar-refractivity contribution in [2.45, 2.75) is 0 Å². The number of aromatic nitrogens is 2. The number of hydrogen-bond acceptors (Lipinski definition) is 4. The van der Waals surface area contributed by atoms with E-state index in [1.807, 2.05) is 0 Å². The zero-order valence-corrected chi connectivity index (χ0v) is 9.82. The van der Waals surface area contributed by atoms with Crippen LogP contribution in [0.2, 0.25) is 5.15 Å². The van der Waals surface area contributed by atoms with Gasteiger partial charge < -0.3 is 10.6 Å². The lowest BCUT2D eigenvalue weighted by atomic mass is 10.3. The van der Waals surface area contributed by atoms with E-state index in [2.05, 4.69) is 9.97 Å². The van der Waals surface area contributed by atoms with Crippen LogP contribution in [0.25, 0.3) is 0 Å². The minimum atomic E-state index is -0.357. The summed E-state index contributed by atoms with van der Waals surface area (Å²) in [6.07, 6.45) is 1.28. The first kappa shape index (κ1) is 11.6.